The van der Waals surface area contributed by atoms with Gasteiger partial charge >= 0.3 is 0 Å². The average molecular weight is 242 g/mol. The van der Waals surface area contributed by atoms with E-state index < -0.39 is 5.41 Å². The summed E-state index contributed by atoms with van der Waals surface area (Å²) in [7, 11) is 0. The van der Waals surface area contributed by atoms with Gasteiger partial charge in [-0.1, -0.05) is 29.3 Å². The molecule has 4 heteroatoms. The number of hydrogen-bond acceptors (Lipinski definition) is 2. The van der Waals surface area contributed by atoms with Gasteiger partial charge in [0, 0.05) is 12.5 Å². The molecule has 0 saturated heterocycles. The van der Waals surface area contributed by atoms with E-state index in [1.807, 2.05) is 0 Å². The van der Waals surface area contributed by atoms with Gasteiger partial charge in [-0.25, -0.2) is 0 Å². The standard InChI is InChI=1S/C11H9Cl2NO/c12-9-2-1-7(3-10(9)13)11(6-14)4-8(11)5-15/h1-3,8,15H,4-5H2/t8-,11+/m0/s1. The molecule has 1 N–H and O–H groups in total. The molecule has 2 nitrogen and oxygen atoms in total. The molecule has 0 amide bonds. The summed E-state index contributed by atoms with van der Waals surface area (Å²) in [6.45, 7) is 0.0355. The maximum absolute atomic E-state index is 9.13. The number of nitriles is 1. The minimum atomic E-state index is -0.553. The third-order valence-corrected chi connectivity index (χ3v) is 3.70. The molecule has 1 aromatic rings. The molecular formula is C11H9Cl2NO. The van der Waals surface area contributed by atoms with E-state index in [9.17, 15) is 0 Å². The van der Waals surface area contributed by atoms with Gasteiger partial charge in [0.05, 0.1) is 21.5 Å². The largest absolute Gasteiger partial charge is 0.396 e. The lowest BCUT2D eigenvalue weighted by molar-refractivity contribution is 0.269. The summed E-state index contributed by atoms with van der Waals surface area (Å²) in [5, 5.41) is 19.1. The van der Waals surface area contributed by atoms with E-state index in [-0.39, 0.29) is 12.5 Å². The van der Waals surface area contributed by atoms with Gasteiger partial charge in [0.1, 0.15) is 0 Å². The molecule has 0 aliphatic heterocycles. The van der Waals surface area contributed by atoms with Gasteiger partial charge in [0.25, 0.3) is 0 Å². The molecule has 0 bridgehead atoms. The van der Waals surface area contributed by atoms with Gasteiger partial charge in [-0.05, 0) is 24.1 Å². The Hall–Kier alpha value is -0.750. The smallest absolute Gasteiger partial charge is 0.0877 e. The summed E-state index contributed by atoms with van der Waals surface area (Å²) in [6, 6.07) is 7.45. The van der Waals surface area contributed by atoms with Crippen molar-refractivity contribution >= 4 is 23.2 Å². The molecule has 1 aliphatic rings. The van der Waals surface area contributed by atoms with Crippen LogP contribution in [0.2, 0.25) is 10.0 Å². The summed E-state index contributed by atoms with van der Waals surface area (Å²) in [5.74, 6) is 0.0275. The zero-order chi connectivity index (χ0) is 11.1. The maximum atomic E-state index is 9.13. The molecule has 1 aromatic carbocycles. The van der Waals surface area contributed by atoms with Crippen molar-refractivity contribution in [3.8, 4) is 6.07 Å². The van der Waals surface area contributed by atoms with E-state index in [1.54, 1.807) is 18.2 Å². The number of aliphatic hydroxyl groups excluding tert-OH is 1. The second-order valence-electron chi connectivity index (χ2n) is 3.80. The Balaban J connectivity index is 2.39. The topological polar surface area (TPSA) is 44.0 Å². The van der Waals surface area contributed by atoms with Crippen LogP contribution in [0.15, 0.2) is 18.2 Å². The van der Waals surface area contributed by atoms with E-state index in [0.29, 0.717) is 16.5 Å². The van der Waals surface area contributed by atoms with Gasteiger partial charge in [-0.15, -0.1) is 0 Å². The number of hydrogen-bond donors (Lipinski definition) is 1. The molecule has 0 unspecified atom stereocenters. The molecule has 78 valence electrons. The molecule has 0 radical (unpaired) electrons. The Morgan fingerprint density at radius 1 is 1.47 bits per heavy atom. The van der Waals surface area contributed by atoms with Crippen LogP contribution < -0.4 is 0 Å². The minimum Gasteiger partial charge on any atom is -0.396 e. The van der Waals surface area contributed by atoms with Crippen molar-refractivity contribution in [2.24, 2.45) is 5.92 Å². The Bertz CT molecular complexity index is 441. The van der Waals surface area contributed by atoms with Crippen molar-refractivity contribution in [3.05, 3.63) is 33.8 Å². The van der Waals surface area contributed by atoms with Crippen LogP contribution in [-0.4, -0.2) is 11.7 Å². The molecule has 0 spiro atoms. The Kier molecular flexibility index (Phi) is 2.64. The molecule has 2 atom stereocenters. The van der Waals surface area contributed by atoms with E-state index in [1.165, 1.54) is 0 Å². The summed E-state index contributed by atoms with van der Waals surface area (Å²) in [5.41, 5.74) is 0.293. The number of benzene rings is 1. The number of halogens is 2. The zero-order valence-corrected chi connectivity index (χ0v) is 9.39. The van der Waals surface area contributed by atoms with Crippen LogP contribution in [-0.2, 0) is 5.41 Å². The van der Waals surface area contributed by atoms with Crippen LogP contribution >= 0.6 is 23.2 Å². The van der Waals surface area contributed by atoms with Crippen LogP contribution in [0, 0.1) is 17.2 Å². The predicted octanol–water partition coefficient (Wildman–Crippen LogP) is 2.77. The fourth-order valence-corrected chi connectivity index (χ4v) is 2.18. The Labute approximate surface area is 98.0 Å². The number of aliphatic hydroxyl groups is 1. The molecule has 1 fully saturated rings. The summed E-state index contributed by atoms with van der Waals surface area (Å²) in [6.07, 6.45) is 0.692. The van der Waals surface area contributed by atoms with Crippen molar-refractivity contribution in [2.75, 3.05) is 6.61 Å². The fourth-order valence-electron chi connectivity index (χ4n) is 1.88. The van der Waals surface area contributed by atoms with E-state index in [4.69, 9.17) is 33.6 Å². The fraction of sp³-hybridized carbons (Fsp3) is 0.364. The molecular weight excluding hydrogens is 233 g/mol. The molecule has 1 saturated carbocycles. The van der Waals surface area contributed by atoms with Gasteiger partial charge in [-0.2, -0.15) is 5.26 Å². The lowest BCUT2D eigenvalue weighted by Crippen LogP contribution is -2.09. The first-order valence-electron chi connectivity index (χ1n) is 4.61. The van der Waals surface area contributed by atoms with Gasteiger partial charge in [0.15, 0.2) is 0 Å². The molecule has 0 aromatic heterocycles. The summed E-state index contributed by atoms with van der Waals surface area (Å²) >= 11 is 11.7. The summed E-state index contributed by atoms with van der Waals surface area (Å²) in [4.78, 5) is 0. The molecule has 1 aliphatic carbocycles. The lowest BCUT2D eigenvalue weighted by Gasteiger charge is -2.09. The SMILES string of the molecule is N#C[C@@]1(c2ccc(Cl)c(Cl)c2)C[C@H]1CO. The van der Waals surface area contributed by atoms with Crippen LogP contribution in [0.3, 0.4) is 0 Å². The second kappa shape index (κ2) is 3.68. The van der Waals surface area contributed by atoms with Crippen LogP contribution in [0.5, 0.6) is 0 Å². The summed E-state index contributed by atoms with van der Waals surface area (Å²) < 4.78 is 0. The highest BCUT2D eigenvalue weighted by Crippen LogP contribution is 2.54. The highest BCUT2D eigenvalue weighted by Gasteiger charge is 2.55. The van der Waals surface area contributed by atoms with Crippen molar-refractivity contribution in [1.82, 2.24) is 0 Å². The second-order valence-corrected chi connectivity index (χ2v) is 4.61. The first-order chi connectivity index (χ1) is 7.14. The third-order valence-electron chi connectivity index (χ3n) is 2.96. The lowest BCUT2D eigenvalue weighted by atomic mass is 9.95. The van der Waals surface area contributed by atoms with Crippen molar-refractivity contribution in [3.63, 3.8) is 0 Å². The normalized spacial score (nSPS) is 28.5. The maximum Gasteiger partial charge on any atom is 0.0877 e. The van der Waals surface area contributed by atoms with Crippen LogP contribution in [0.4, 0.5) is 0 Å². The number of nitrogens with zero attached hydrogens (tertiary/aromatic N) is 1. The number of rotatable bonds is 2. The monoisotopic (exact) mass is 241 g/mol. The third kappa shape index (κ3) is 1.61. The van der Waals surface area contributed by atoms with Gasteiger partial charge in [-0.3, -0.25) is 0 Å². The van der Waals surface area contributed by atoms with Gasteiger partial charge in [0.2, 0.25) is 0 Å². The van der Waals surface area contributed by atoms with Crippen molar-refractivity contribution in [1.29, 1.82) is 5.26 Å². The van der Waals surface area contributed by atoms with Gasteiger partial charge < -0.3 is 5.11 Å². The first kappa shape index (κ1) is 10.8. The first-order valence-corrected chi connectivity index (χ1v) is 5.37. The molecule has 2 rings (SSSR count). The average Bonchev–Trinajstić information content (AvgIpc) is 2.97. The van der Waals surface area contributed by atoms with Crippen molar-refractivity contribution < 1.29 is 5.11 Å². The van der Waals surface area contributed by atoms with Crippen molar-refractivity contribution in [2.45, 2.75) is 11.8 Å². The highest BCUT2D eigenvalue weighted by molar-refractivity contribution is 6.42. The minimum absolute atomic E-state index is 0.0275. The Morgan fingerprint density at radius 2 is 2.20 bits per heavy atom. The van der Waals surface area contributed by atoms with E-state index >= 15 is 0 Å². The van der Waals surface area contributed by atoms with Crippen LogP contribution in [0.1, 0.15) is 12.0 Å². The van der Waals surface area contributed by atoms with E-state index in [2.05, 4.69) is 6.07 Å². The quantitative estimate of drug-likeness (QED) is 0.866. The zero-order valence-electron chi connectivity index (χ0n) is 7.87. The molecule has 0 heterocycles. The predicted molar refractivity (Wildman–Crippen MR) is 58.9 cm³/mol. The highest BCUT2D eigenvalue weighted by atomic mass is 35.5. The molecule has 15 heavy (non-hydrogen) atoms. The van der Waals surface area contributed by atoms with E-state index in [0.717, 1.165) is 5.56 Å². The van der Waals surface area contributed by atoms with Crippen LogP contribution in [0.25, 0.3) is 0 Å². The Morgan fingerprint density at radius 3 is 2.67 bits per heavy atom.